The van der Waals surface area contributed by atoms with Crippen LogP contribution in [0.5, 0.6) is 11.5 Å². The molecule has 0 unspecified atom stereocenters. The van der Waals surface area contributed by atoms with Crippen molar-refractivity contribution in [2.45, 2.75) is 12.5 Å². The number of hydrogen-bond acceptors (Lipinski definition) is 6. The Labute approximate surface area is 132 Å². The summed E-state index contributed by atoms with van der Waals surface area (Å²) < 4.78 is 21.1. The Bertz CT molecular complexity index is 708. The molecule has 0 spiro atoms. The zero-order valence-electron chi connectivity index (χ0n) is 12.3. The van der Waals surface area contributed by atoms with Crippen LogP contribution in [0.25, 0.3) is 0 Å². The maximum atomic E-state index is 12.0. The molecule has 6 heteroatoms. The van der Waals surface area contributed by atoms with Gasteiger partial charge in [-0.1, -0.05) is 6.07 Å². The molecule has 120 valence electrons. The second-order valence-electron chi connectivity index (χ2n) is 5.77. The molecule has 2 aliphatic heterocycles. The van der Waals surface area contributed by atoms with Crippen molar-refractivity contribution in [3.8, 4) is 11.5 Å². The van der Waals surface area contributed by atoms with Crippen LogP contribution in [0.3, 0.4) is 0 Å². The van der Waals surface area contributed by atoms with Gasteiger partial charge >= 0.3 is 5.97 Å². The van der Waals surface area contributed by atoms with Crippen molar-refractivity contribution in [3.63, 3.8) is 0 Å². The summed E-state index contributed by atoms with van der Waals surface area (Å²) in [4.78, 5) is 12.0. The number of aliphatic hydroxyl groups is 1. The molecule has 3 heterocycles. The van der Waals surface area contributed by atoms with Gasteiger partial charge in [-0.05, 0) is 36.2 Å². The number of carbonyl (C=O) groups excluding carboxylic acids is 1. The smallest absolute Gasteiger partial charge is 0.312 e. The fraction of sp³-hybridized carbons (Fsp3) is 0.353. The lowest BCUT2D eigenvalue weighted by atomic mass is 9.84. The monoisotopic (exact) mass is 316 g/mol. The number of rotatable bonds is 4. The molecule has 4 rings (SSSR count). The highest BCUT2D eigenvalue weighted by atomic mass is 16.7. The summed E-state index contributed by atoms with van der Waals surface area (Å²) >= 11 is 0. The van der Waals surface area contributed by atoms with E-state index in [-0.39, 0.29) is 25.3 Å². The minimum Gasteiger partial charge on any atom is -0.467 e. The third kappa shape index (κ3) is 2.55. The van der Waals surface area contributed by atoms with E-state index in [4.69, 9.17) is 18.6 Å². The maximum absolute atomic E-state index is 12.0. The van der Waals surface area contributed by atoms with Gasteiger partial charge in [-0.15, -0.1) is 0 Å². The summed E-state index contributed by atoms with van der Waals surface area (Å²) in [7, 11) is 0. The third-order valence-corrected chi connectivity index (χ3v) is 4.33. The summed E-state index contributed by atoms with van der Waals surface area (Å²) in [5.41, 5.74) is 1.01. The molecule has 0 amide bonds. The van der Waals surface area contributed by atoms with E-state index in [0.717, 1.165) is 11.3 Å². The van der Waals surface area contributed by atoms with Gasteiger partial charge in [0.2, 0.25) is 6.79 Å². The fourth-order valence-electron chi connectivity index (χ4n) is 3.16. The first-order chi connectivity index (χ1) is 11.2. The minimum absolute atomic E-state index is 0.122. The number of ether oxygens (including phenoxy) is 3. The van der Waals surface area contributed by atoms with Gasteiger partial charge in [-0.2, -0.15) is 0 Å². The molecular formula is C17H16O6. The Kier molecular flexibility index (Phi) is 3.46. The molecule has 0 radical (unpaired) electrons. The first-order valence-electron chi connectivity index (χ1n) is 7.49. The number of aliphatic hydroxyl groups excluding tert-OH is 1. The van der Waals surface area contributed by atoms with Crippen LogP contribution in [0.15, 0.2) is 41.0 Å². The van der Waals surface area contributed by atoms with Crippen LogP contribution in [0.2, 0.25) is 0 Å². The minimum atomic E-state index is -1.00. The molecule has 1 N–H and O–H groups in total. The molecule has 6 nitrogen and oxygen atoms in total. The van der Waals surface area contributed by atoms with Crippen LogP contribution in [0, 0.1) is 11.8 Å². The van der Waals surface area contributed by atoms with Crippen LogP contribution in [0.1, 0.15) is 17.4 Å². The number of fused-ring (bicyclic) bond motifs is 1. The molecule has 0 bridgehead atoms. The average Bonchev–Trinajstić information content (AvgIpc) is 3.27. The zero-order chi connectivity index (χ0) is 15.8. The third-order valence-electron chi connectivity index (χ3n) is 4.33. The predicted octanol–water partition coefficient (Wildman–Crippen LogP) is 2.07. The van der Waals surface area contributed by atoms with Crippen molar-refractivity contribution in [3.05, 3.63) is 47.9 Å². The number of hydrogen-bond donors (Lipinski definition) is 1. The van der Waals surface area contributed by atoms with Gasteiger partial charge in [-0.25, -0.2) is 0 Å². The highest BCUT2D eigenvalue weighted by Gasteiger charge is 2.43. The Morgan fingerprint density at radius 3 is 2.87 bits per heavy atom. The standard InChI is InChI=1S/C17H16O6/c18-16(13-2-1-5-20-13)15-11(8-21-17(15)19)6-10-3-4-12-14(7-10)23-9-22-12/h1-5,7,11,15-16,18H,6,8-9H2/t11-,15-,16-/m1/s1. The van der Waals surface area contributed by atoms with Crippen molar-refractivity contribution in [2.24, 2.45) is 11.8 Å². The zero-order valence-corrected chi connectivity index (χ0v) is 12.3. The Hall–Kier alpha value is -2.47. The Morgan fingerprint density at radius 2 is 2.04 bits per heavy atom. The van der Waals surface area contributed by atoms with E-state index in [9.17, 15) is 9.90 Å². The van der Waals surface area contributed by atoms with Gasteiger partial charge in [0.05, 0.1) is 18.8 Å². The summed E-state index contributed by atoms with van der Waals surface area (Å²) in [5, 5.41) is 10.4. The van der Waals surface area contributed by atoms with Crippen LogP contribution in [-0.2, 0) is 16.0 Å². The van der Waals surface area contributed by atoms with E-state index in [1.165, 1.54) is 6.26 Å². The van der Waals surface area contributed by atoms with E-state index in [1.807, 2.05) is 18.2 Å². The van der Waals surface area contributed by atoms with Gasteiger partial charge in [0.25, 0.3) is 0 Å². The molecule has 3 atom stereocenters. The van der Waals surface area contributed by atoms with Crippen molar-refractivity contribution in [1.29, 1.82) is 0 Å². The maximum Gasteiger partial charge on any atom is 0.312 e. The molecule has 1 saturated heterocycles. The highest BCUT2D eigenvalue weighted by Crippen LogP contribution is 2.38. The SMILES string of the molecule is O=C1OC[C@@H](Cc2ccc3c(c2)OCO3)[C@@H]1[C@H](O)c1ccco1. The topological polar surface area (TPSA) is 78.1 Å². The van der Waals surface area contributed by atoms with E-state index in [2.05, 4.69) is 0 Å². The molecule has 2 aromatic rings. The lowest BCUT2D eigenvalue weighted by Gasteiger charge is -2.19. The highest BCUT2D eigenvalue weighted by molar-refractivity contribution is 5.75. The van der Waals surface area contributed by atoms with E-state index < -0.39 is 12.0 Å². The molecule has 23 heavy (non-hydrogen) atoms. The van der Waals surface area contributed by atoms with Gasteiger partial charge in [0.15, 0.2) is 11.5 Å². The van der Waals surface area contributed by atoms with E-state index in [1.54, 1.807) is 12.1 Å². The predicted molar refractivity (Wildman–Crippen MR) is 77.9 cm³/mol. The van der Waals surface area contributed by atoms with Gasteiger partial charge in [0.1, 0.15) is 11.9 Å². The number of esters is 1. The van der Waals surface area contributed by atoms with Gasteiger partial charge in [-0.3, -0.25) is 4.79 Å². The second-order valence-corrected chi connectivity index (χ2v) is 5.77. The summed E-state index contributed by atoms with van der Waals surface area (Å²) in [6.07, 6.45) is 1.08. The normalized spacial score (nSPS) is 23.8. The molecule has 0 saturated carbocycles. The first-order valence-corrected chi connectivity index (χ1v) is 7.49. The molecule has 0 aliphatic carbocycles. The largest absolute Gasteiger partial charge is 0.467 e. The van der Waals surface area contributed by atoms with Crippen LogP contribution in [-0.4, -0.2) is 24.5 Å². The van der Waals surface area contributed by atoms with Crippen LogP contribution >= 0.6 is 0 Å². The van der Waals surface area contributed by atoms with Crippen LogP contribution in [0.4, 0.5) is 0 Å². The lowest BCUT2D eigenvalue weighted by molar-refractivity contribution is -0.144. The summed E-state index contributed by atoms with van der Waals surface area (Å²) in [6, 6.07) is 9.04. The number of cyclic esters (lactones) is 1. The Balaban J connectivity index is 1.54. The summed E-state index contributed by atoms with van der Waals surface area (Å²) in [5.74, 6) is 0.661. The van der Waals surface area contributed by atoms with Gasteiger partial charge < -0.3 is 23.7 Å². The molecule has 1 aromatic heterocycles. The van der Waals surface area contributed by atoms with Crippen molar-refractivity contribution < 1.29 is 28.5 Å². The van der Waals surface area contributed by atoms with Gasteiger partial charge in [0, 0.05) is 5.92 Å². The van der Waals surface area contributed by atoms with Crippen LogP contribution < -0.4 is 9.47 Å². The number of furan rings is 1. The summed E-state index contributed by atoms with van der Waals surface area (Å²) in [6.45, 7) is 0.513. The molecule has 1 aromatic carbocycles. The fourth-order valence-corrected chi connectivity index (χ4v) is 3.16. The molecule has 2 aliphatic rings. The average molecular weight is 316 g/mol. The number of carbonyl (C=O) groups is 1. The molecule has 1 fully saturated rings. The molecular weight excluding hydrogens is 300 g/mol. The van der Waals surface area contributed by atoms with Crippen molar-refractivity contribution in [2.75, 3.05) is 13.4 Å². The second kappa shape index (κ2) is 5.62. The van der Waals surface area contributed by atoms with E-state index in [0.29, 0.717) is 17.9 Å². The quantitative estimate of drug-likeness (QED) is 0.870. The van der Waals surface area contributed by atoms with E-state index >= 15 is 0 Å². The lowest BCUT2D eigenvalue weighted by Crippen LogP contribution is -2.25. The number of benzene rings is 1. The first kappa shape index (κ1) is 14.1. The van der Waals surface area contributed by atoms with Crippen molar-refractivity contribution in [1.82, 2.24) is 0 Å². The van der Waals surface area contributed by atoms with Crippen molar-refractivity contribution >= 4 is 5.97 Å². The Morgan fingerprint density at radius 1 is 1.17 bits per heavy atom.